The zero-order valence-electron chi connectivity index (χ0n) is 22.0. The number of rotatable bonds is 10. The molecule has 3 atom stereocenters. The summed E-state index contributed by atoms with van der Waals surface area (Å²) in [7, 11) is 0. The molecular weight excluding hydrogens is 523 g/mol. The van der Waals surface area contributed by atoms with E-state index in [0.717, 1.165) is 4.90 Å². The molecule has 1 aliphatic heterocycles. The number of aliphatic hydroxyl groups excluding tert-OH is 2. The van der Waals surface area contributed by atoms with Crippen LogP contribution in [0, 0.1) is 11.3 Å². The molecule has 0 bridgehead atoms. The third-order valence-corrected chi connectivity index (χ3v) is 5.70. The molecule has 1 saturated heterocycles. The number of ether oxygens (including phenoxy) is 1. The van der Waals surface area contributed by atoms with Crippen LogP contribution in [0.25, 0.3) is 11.4 Å². The molecule has 0 radical (unpaired) electrons. The maximum absolute atomic E-state index is 14.9. The maximum atomic E-state index is 14.9. The number of nitrogens with two attached hydrogens (primary N) is 1. The average Bonchev–Trinajstić information content (AvgIpc) is 2.92. The number of hydrogen-bond donors (Lipinski definition) is 5. The second kappa shape index (κ2) is 13.0. The van der Waals surface area contributed by atoms with Crippen molar-refractivity contribution >= 4 is 18.1 Å². The summed E-state index contributed by atoms with van der Waals surface area (Å²) in [6.07, 6.45) is -0.288. The number of likely N-dealkylation sites (tertiary alicyclic amines) is 1. The molecule has 0 spiro atoms. The van der Waals surface area contributed by atoms with Gasteiger partial charge in [0.1, 0.15) is 30.0 Å². The van der Waals surface area contributed by atoms with Gasteiger partial charge >= 0.3 is 0 Å². The molecule has 0 saturated carbocycles. The van der Waals surface area contributed by atoms with Crippen LogP contribution in [0.15, 0.2) is 53.8 Å². The molecule has 2 aromatic rings. The average molecular weight is 555 g/mol. The number of benzene rings is 1. The Morgan fingerprint density at radius 1 is 1.48 bits per heavy atom. The second-order valence-corrected chi connectivity index (χ2v) is 9.62. The number of carbonyl (C=O) groups excluding carboxylic acids is 1. The van der Waals surface area contributed by atoms with Crippen molar-refractivity contribution in [3.8, 4) is 23.2 Å². The summed E-state index contributed by atoms with van der Waals surface area (Å²) < 4.78 is 20.6. The SMILES string of the molecule is C=C(O)[C@H](O)C(=O)N1CC[C@H](Oc2ccc(-c3ncnc(NC(C=NCC(C)(C)O)=CN)n3)cc2C#N)[C@H](F)C1. The van der Waals surface area contributed by atoms with Crippen molar-refractivity contribution in [1.29, 1.82) is 5.26 Å². The topological polar surface area (TPSA) is 203 Å². The highest BCUT2D eigenvalue weighted by Gasteiger charge is 2.36. The number of aliphatic hydroxyl groups is 3. The lowest BCUT2D eigenvalue weighted by molar-refractivity contribution is -0.143. The van der Waals surface area contributed by atoms with Gasteiger partial charge in [0.25, 0.3) is 5.91 Å². The monoisotopic (exact) mass is 554 g/mol. The number of piperidine rings is 1. The first kappa shape index (κ1) is 29.9. The number of amides is 1. The Labute approximate surface area is 230 Å². The maximum Gasteiger partial charge on any atom is 0.259 e. The van der Waals surface area contributed by atoms with Gasteiger partial charge in [0.15, 0.2) is 18.1 Å². The van der Waals surface area contributed by atoms with Gasteiger partial charge in [0.05, 0.1) is 30.0 Å². The molecule has 1 aromatic carbocycles. The molecule has 1 aliphatic rings. The lowest BCUT2D eigenvalue weighted by Crippen LogP contribution is -2.52. The van der Waals surface area contributed by atoms with Crippen LogP contribution in [0.2, 0.25) is 0 Å². The fraction of sp³-hybridized carbons (Fsp3) is 0.385. The number of halogens is 1. The van der Waals surface area contributed by atoms with Crippen LogP contribution >= 0.6 is 0 Å². The van der Waals surface area contributed by atoms with Gasteiger partial charge in [0, 0.05) is 30.9 Å². The van der Waals surface area contributed by atoms with Gasteiger partial charge in [-0.25, -0.2) is 14.4 Å². The second-order valence-electron chi connectivity index (χ2n) is 9.62. The van der Waals surface area contributed by atoms with E-state index in [2.05, 4.69) is 31.8 Å². The van der Waals surface area contributed by atoms with Gasteiger partial charge in [-0.1, -0.05) is 6.58 Å². The quantitative estimate of drug-likeness (QED) is 0.209. The van der Waals surface area contributed by atoms with E-state index >= 15 is 0 Å². The Bertz CT molecular complexity index is 1340. The molecule has 3 rings (SSSR count). The number of nitrogens with one attached hydrogen (secondary N) is 1. The van der Waals surface area contributed by atoms with Crippen molar-refractivity contribution < 1.29 is 29.2 Å². The van der Waals surface area contributed by atoms with Gasteiger partial charge in [-0.2, -0.15) is 10.2 Å². The van der Waals surface area contributed by atoms with Crippen LogP contribution in [0.5, 0.6) is 5.75 Å². The highest BCUT2D eigenvalue weighted by molar-refractivity contribution is 5.83. The fourth-order valence-electron chi connectivity index (χ4n) is 3.66. The summed E-state index contributed by atoms with van der Waals surface area (Å²) in [5, 5.41) is 41.3. The number of anilines is 1. The third-order valence-electron chi connectivity index (χ3n) is 5.70. The number of carbonyl (C=O) groups is 1. The molecule has 1 amide bonds. The zero-order chi connectivity index (χ0) is 29.4. The molecule has 212 valence electrons. The van der Waals surface area contributed by atoms with E-state index in [4.69, 9.17) is 10.5 Å². The molecule has 0 unspecified atom stereocenters. The molecule has 6 N–H and O–H groups in total. The Morgan fingerprint density at radius 2 is 2.23 bits per heavy atom. The van der Waals surface area contributed by atoms with Crippen LogP contribution in [-0.4, -0.2) is 90.9 Å². The number of hydrogen-bond acceptors (Lipinski definition) is 12. The van der Waals surface area contributed by atoms with Crippen molar-refractivity contribution in [2.24, 2.45) is 10.7 Å². The first-order valence-corrected chi connectivity index (χ1v) is 12.2. The van der Waals surface area contributed by atoms with Gasteiger partial charge in [0.2, 0.25) is 5.95 Å². The number of allylic oxidation sites excluding steroid dienone is 1. The van der Waals surface area contributed by atoms with E-state index < -0.39 is 35.6 Å². The Morgan fingerprint density at radius 3 is 2.85 bits per heavy atom. The highest BCUT2D eigenvalue weighted by atomic mass is 19.1. The smallest absolute Gasteiger partial charge is 0.259 e. The van der Waals surface area contributed by atoms with Crippen LogP contribution in [0.3, 0.4) is 0 Å². The lowest BCUT2D eigenvalue weighted by atomic mass is 10.0. The first-order chi connectivity index (χ1) is 18.9. The minimum absolute atomic E-state index is 0.0799. The number of nitrogens with zero attached hydrogens (tertiary/aromatic N) is 6. The van der Waals surface area contributed by atoms with Crippen molar-refractivity contribution in [2.75, 3.05) is 25.0 Å². The molecule has 1 aromatic heterocycles. The van der Waals surface area contributed by atoms with E-state index in [9.17, 15) is 29.8 Å². The van der Waals surface area contributed by atoms with Crippen molar-refractivity contribution in [1.82, 2.24) is 19.9 Å². The summed E-state index contributed by atoms with van der Waals surface area (Å²) in [4.78, 5) is 29.9. The third kappa shape index (κ3) is 7.95. The van der Waals surface area contributed by atoms with Crippen molar-refractivity contribution in [3.63, 3.8) is 0 Å². The molecule has 40 heavy (non-hydrogen) atoms. The van der Waals surface area contributed by atoms with E-state index in [-0.39, 0.29) is 49.1 Å². The fourth-order valence-corrected chi connectivity index (χ4v) is 3.66. The molecular formula is C26H31FN8O5. The van der Waals surface area contributed by atoms with E-state index in [1.165, 1.54) is 30.9 Å². The van der Waals surface area contributed by atoms with Gasteiger partial charge in [-0.05, 0) is 32.0 Å². The highest BCUT2D eigenvalue weighted by Crippen LogP contribution is 2.28. The first-order valence-electron chi connectivity index (χ1n) is 12.2. The van der Waals surface area contributed by atoms with Gasteiger partial charge in [-0.15, -0.1) is 0 Å². The molecule has 1 fully saturated rings. The standard InChI is InChI=1S/C26H31FN8O5/c1-15(36)22(37)24(38)35-7-6-21(19(27)12-35)40-20-5-4-16(8-17(20)9-28)23-31-14-32-25(34-23)33-18(10-29)11-30-13-26(2,3)39/h4-5,8,10-11,14,19,21-22,36-37,39H,1,6-7,12-13,29H2,2-3H3,(H,31,32,33,34)/t19-,21+,22+/m1/s1. The van der Waals surface area contributed by atoms with E-state index in [1.807, 2.05) is 6.07 Å². The summed E-state index contributed by atoms with van der Waals surface area (Å²) in [6, 6.07) is 6.63. The van der Waals surface area contributed by atoms with E-state index in [0.29, 0.717) is 11.3 Å². The van der Waals surface area contributed by atoms with Crippen LogP contribution < -0.4 is 15.8 Å². The van der Waals surface area contributed by atoms with Crippen molar-refractivity contribution in [2.45, 2.75) is 44.2 Å². The summed E-state index contributed by atoms with van der Waals surface area (Å²) in [5.74, 6) is -1.02. The Balaban J connectivity index is 1.70. The largest absolute Gasteiger partial charge is 0.510 e. The minimum Gasteiger partial charge on any atom is -0.510 e. The van der Waals surface area contributed by atoms with Crippen molar-refractivity contribution in [3.05, 3.63) is 54.3 Å². The Kier molecular flexibility index (Phi) is 9.70. The van der Waals surface area contributed by atoms with E-state index in [1.54, 1.807) is 19.9 Å². The number of aromatic nitrogens is 3. The lowest BCUT2D eigenvalue weighted by Gasteiger charge is -2.35. The predicted molar refractivity (Wildman–Crippen MR) is 144 cm³/mol. The molecule has 14 heteroatoms. The Hall–Kier alpha value is -4.61. The number of nitriles is 1. The number of alkyl halides is 1. The molecule has 2 heterocycles. The summed E-state index contributed by atoms with van der Waals surface area (Å²) >= 11 is 0. The van der Waals surface area contributed by atoms with Crippen LogP contribution in [-0.2, 0) is 4.79 Å². The zero-order valence-corrected chi connectivity index (χ0v) is 22.0. The van der Waals surface area contributed by atoms with Crippen LogP contribution in [0.4, 0.5) is 10.3 Å². The van der Waals surface area contributed by atoms with Crippen LogP contribution in [0.1, 0.15) is 25.8 Å². The molecule has 13 nitrogen and oxygen atoms in total. The predicted octanol–water partition coefficient (Wildman–Crippen LogP) is 1.21. The van der Waals surface area contributed by atoms with Gasteiger partial charge < -0.3 is 36.0 Å². The summed E-state index contributed by atoms with van der Waals surface area (Å²) in [5.41, 5.74) is 5.63. The van der Waals surface area contributed by atoms with Gasteiger partial charge in [-0.3, -0.25) is 9.79 Å². The minimum atomic E-state index is -1.82. The normalized spacial score (nSPS) is 18.7. The molecule has 0 aliphatic carbocycles. The number of aliphatic imine (C=N–C) groups is 1. The summed E-state index contributed by atoms with van der Waals surface area (Å²) in [6.45, 7) is 6.25.